The molecule has 0 spiro atoms. The zero-order valence-electron chi connectivity index (χ0n) is 23.9. The number of hydrogen-bond donors (Lipinski definition) is 3. The van der Waals surface area contributed by atoms with E-state index < -0.39 is 34.0 Å². The van der Waals surface area contributed by atoms with Crippen molar-refractivity contribution in [1.29, 1.82) is 0 Å². The first-order valence-corrected chi connectivity index (χ1v) is 15.1. The number of sulfonamides is 1. The molecule has 0 radical (unpaired) electrons. The predicted molar refractivity (Wildman–Crippen MR) is 149 cm³/mol. The van der Waals surface area contributed by atoms with E-state index >= 15 is 0 Å². The van der Waals surface area contributed by atoms with Gasteiger partial charge in [-0.1, -0.05) is 6.58 Å². The highest BCUT2D eigenvalue weighted by atomic mass is 32.2. The molecule has 43 heavy (non-hydrogen) atoms. The standard InChI is InChI=1S/C27H35F3N4O8S/c1-5-33-15-23(24(32-33)40-11-10-35)43(38,39)34-14-19(13-20(16(2)36)17-6-7-17)41-22-9-8-18(12-21(22)34)31-25(37)42-26(3,4)27(28,29)30/h8-9,12,15,17,19-20,35-36H,2,5-7,10-11,13-14H2,1,3-4H3,(H,31,37)/t19-,20-/m0/s1. The molecule has 1 aromatic heterocycles. The van der Waals surface area contributed by atoms with Crippen LogP contribution in [0.4, 0.5) is 29.3 Å². The summed E-state index contributed by atoms with van der Waals surface area (Å²) in [4.78, 5) is 12.1. The van der Waals surface area contributed by atoms with Gasteiger partial charge in [0.25, 0.3) is 15.9 Å². The normalized spacial score (nSPS) is 17.9. The van der Waals surface area contributed by atoms with Crippen LogP contribution in [-0.2, 0) is 21.3 Å². The molecule has 238 valence electrons. The van der Waals surface area contributed by atoms with Crippen molar-refractivity contribution in [2.75, 3.05) is 29.4 Å². The van der Waals surface area contributed by atoms with E-state index in [1.54, 1.807) is 6.92 Å². The molecule has 1 amide bonds. The van der Waals surface area contributed by atoms with Gasteiger partial charge in [0.2, 0.25) is 5.60 Å². The Balaban J connectivity index is 1.71. The quantitative estimate of drug-likeness (QED) is 0.285. The molecule has 3 N–H and O–H groups in total. The zero-order valence-corrected chi connectivity index (χ0v) is 24.7. The molecule has 2 aliphatic rings. The lowest BCUT2D eigenvalue weighted by molar-refractivity contribution is -0.242. The van der Waals surface area contributed by atoms with Crippen LogP contribution in [0.5, 0.6) is 11.6 Å². The van der Waals surface area contributed by atoms with Crippen molar-refractivity contribution in [3.63, 3.8) is 0 Å². The molecule has 1 fully saturated rings. The Labute approximate surface area is 247 Å². The van der Waals surface area contributed by atoms with Gasteiger partial charge in [0, 0.05) is 24.3 Å². The van der Waals surface area contributed by atoms with Gasteiger partial charge in [-0.2, -0.15) is 13.2 Å². The van der Waals surface area contributed by atoms with Gasteiger partial charge in [0.15, 0.2) is 4.90 Å². The number of amides is 1. The number of rotatable bonds is 12. The Bertz CT molecular complexity index is 1460. The van der Waals surface area contributed by atoms with Crippen molar-refractivity contribution < 1.29 is 50.8 Å². The number of halogens is 3. The summed E-state index contributed by atoms with van der Waals surface area (Å²) in [5, 5.41) is 25.8. The number of aromatic nitrogens is 2. The average Bonchev–Trinajstić information content (AvgIpc) is 3.66. The van der Waals surface area contributed by atoms with Crippen molar-refractivity contribution in [2.45, 2.75) is 69.4 Å². The fourth-order valence-corrected chi connectivity index (χ4v) is 6.22. The number of carbonyl (C=O) groups is 1. The van der Waals surface area contributed by atoms with Crippen molar-refractivity contribution in [3.05, 3.63) is 36.7 Å². The van der Waals surface area contributed by atoms with E-state index in [1.165, 1.54) is 29.1 Å². The maximum atomic E-state index is 14.2. The second-order valence-corrected chi connectivity index (χ2v) is 12.7. The SMILES string of the molecule is C=C(O)[C@H](C[C@H]1CN(S(=O)(=O)c2cn(CC)nc2OCCO)c2cc(NC(=O)OC(C)(C)C(F)(F)F)ccc2O1)C1CC1. The molecule has 4 rings (SSSR count). The van der Waals surface area contributed by atoms with Gasteiger partial charge in [-0.25, -0.2) is 13.2 Å². The number of aliphatic hydroxyl groups excluding tert-OH is 2. The van der Waals surface area contributed by atoms with Crippen LogP contribution >= 0.6 is 0 Å². The molecule has 1 aliphatic carbocycles. The fourth-order valence-electron chi connectivity index (χ4n) is 4.64. The summed E-state index contributed by atoms with van der Waals surface area (Å²) in [5.41, 5.74) is -2.84. The minimum Gasteiger partial charge on any atom is -0.513 e. The number of nitrogens with zero attached hydrogens (tertiary/aromatic N) is 3. The number of fused-ring (bicyclic) bond motifs is 1. The van der Waals surface area contributed by atoms with Crippen LogP contribution < -0.4 is 19.1 Å². The minimum atomic E-state index is -4.83. The second-order valence-electron chi connectivity index (χ2n) is 10.9. The number of nitrogens with one attached hydrogen (secondary N) is 1. The molecule has 16 heteroatoms. The lowest BCUT2D eigenvalue weighted by atomic mass is 9.94. The Morgan fingerprint density at radius 1 is 1.30 bits per heavy atom. The van der Waals surface area contributed by atoms with Gasteiger partial charge in [-0.05, 0) is 64.2 Å². The Hall–Kier alpha value is -3.66. The lowest BCUT2D eigenvalue weighted by Crippen LogP contribution is -2.45. The summed E-state index contributed by atoms with van der Waals surface area (Å²) in [5.74, 6) is -0.238. The highest BCUT2D eigenvalue weighted by Gasteiger charge is 2.51. The Morgan fingerprint density at radius 2 is 2.00 bits per heavy atom. The van der Waals surface area contributed by atoms with Crippen molar-refractivity contribution in [2.24, 2.45) is 11.8 Å². The molecule has 0 saturated heterocycles. The number of carbonyl (C=O) groups excluding carboxylic acids is 1. The molecule has 2 aromatic rings. The van der Waals surface area contributed by atoms with E-state index in [4.69, 9.17) is 9.47 Å². The van der Waals surface area contributed by atoms with Gasteiger partial charge in [-0.15, -0.1) is 5.10 Å². The van der Waals surface area contributed by atoms with Crippen LogP contribution in [0.15, 0.2) is 41.6 Å². The molecule has 0 unspecified atom stereocenters. The highest BCUT2D eigenvalue weighted by molar-refractivity contribution is 7.93. The second kappa shape index (κ2) is 12.1. The fraction of sp³-hybridized carbons (Fsp3) is 0.556. The average molecular weight is 633 g/mol. The summed E-state index contributed by atoms with van der Waals surface area (Å²) < 4.78 is 86.5. The van der Waals surface area contributed by atoms with E-state index in [2.05, 4.69) is 21.7 Å². The van der Waals surface area contributed by atoms with Crippen molar-refractivity contribution in [3.8, 4) is 11.6 Å². The largest absolute Gasteiger partial charge is 0.513 e. The number of ether oxygens (including phenoxy) is 3. The van der Waals surface area contributed by atoms with Crippen LogP contribution in [0.2, 0.25) is 0 Å². The number of allylic oxidation sites excluding steroid dienone is 1. The van der Waals surface area contributed by atoms with Gasteiger partial charge in [-0.3, -0.25) is 14.3 Å². The van der Waals surface area contributed by atoms with Gasteiger partial charge in [0.05, 0.1) is 24.6 Å². The van der Waals surface area contributed by atoms with Crippen LogP contribution in [0, 0.1) is 11.8 Å². The van der Waals surface area contributed by atoms with E-state index in [0.29, 0.717) is 20.4 Å². The monoisotopic (exact) mass is 632 g/mol. The van der Waals surface area contributed by atoms with E-state index in [1.807, 2.05) is 0 Å². The zero-order chi connectivity index (χ0) is 31.7. The topological polar surface area (TPSA) is 152 Å². The minimum absolute atomic E-state index is 0.00714. The Morgan fingerprint density at radius 3 is 2.58 bits per heavy atom. The van der Waals surface area contributed by atoms with Crippen LogP contribution in [-0.4, -0.2) is 72.1 Å². The van der Waals surface area contributed by atoms with Gasteiger partial charge >= 0.3 is 12.3 Å². The van der Waals surface area contributed by atoms with Crippen molar-refractivity contribution in [1.82, 2.24) is 9.78 Å². The summed E-state index contributed by atoms with van der Waals surface area (Å²) in [6, 6.07) is 3.96. The highest BCUT2D eigenvalue weighted by Crippen LogP contribution is 2.45. The molecule has 2 heterocycles. The first kappa shape index (κ1) is 32.3. The molecule has 0 bridgehead atoms. The molecule has 1 aromatic carbocycles. The summed E-state index contributed by atoms with van der Waals surface area (Å²) in [6.07, 6.45) is -3.59. The lowest BCUT2D eigenvalue weighted by Gasteiger charge is -2.37. The number of hydrogen-bond acceptors (Lipinski definition) is 9. The smallest absolute Gasteiger partial charge is 0.427 e. The summed E-state index contributed by atoms with van der Waals surface area (Å²) >= 11 is 0. The maximum absolute atomic E-state index is 14.2. The van der Waals surface area contributed by atoms with E-state index in [-0.39, 0.29) is 71.7 Å². The number of benzene rings is 1. The maximum Gasteiger partial charge on any atom is 0.427 e. The number of anilines is 2. The molecular formula is C27H35F3N4O8S. The third-order valence-corrected chi connectivity index (χ3v) is 8.98. The Kier molecular flexibility index (Phi) is 9.11. The van der Waals surface area contributed by atoms with Gasteiger partial charge in [0.1, 0.15) is 18.5 Å². The van der Waals surface area contributed by atoms with Crippen LogP contribution in [0.1, 0.15) is 40.0 Å². The third-order valence-electron chi connectivity index (χ3n) is 7.22. The van der Waals surface area contributed by atoms with Crippen LogP contribution in [0.25, 0.3) is 0 Å². The van der Waals surface area contributed by atoms with E-state index in [9.17, 15) is 36.6 Å². The molecule has 1 aliphatic heterocycles. The third kappa shape index (κ3) is 7.12. The number of aliphatic hydroxyl groups is 2. The molecule has 12 nitrogen and oxygen atoms in total. The first-order chi connectivity index (χ1) is 20.1. The number of aryl methyl sites for hydroxylation is 1. The summed E-state index contributed by atoms with van der Waals surface area (Å²) in [7, 11) is -4.43. The predicted octanol–water partition coefficient (Wildman–Crippen LogP) is 4.61. The number of alkyl halides is 3. The first-order valence-electron chi connectivity index (χ1n) is 13.7. The summed E-state index contributed by atoms with van der Waals surface area (Å²) in [6.45, 7) is 6.33. The van der Waals surface area contributed by atoms with Gasteiger partial charge < -0.3 is 24.4 Å². The van der Waals surface area contributed by atoms with Crippen LogP contribution in [0.3, 0.4) is 0 Å². The molecule has 1 saturated carbocycles. The van der Waals surface area contributed by atoms with E-state index in [0.717, 1.165) is 17.1 Å². The van der Waals surface area contributed by atoms with Crippen molar-refractivity contribution >= 4 is 27.5 Å². The molecular weight excluding hydrogens is 597 g/mol. The molecule has 2 atom stereocenters.